The van der Waals surface area contributed by atoms with Gasteiger partial charge >= 0.3 is 0 Å². The molecule has 0 spiro atoms. The number of fused-ring (bicyclic) bond motifs is 1. The number of aryl methyl sites for hydroxylation is 1. The molecule has 8 nitrogen and oxygen atoms in total. The summed E-state index contributed by atoms with van der Waals surface area (Å²) in [5, 5.41) is 0. The summed E-state index contributed by atoms with van der Waals surface area (Å²) in [4.78, 5) is 29.4. The Hall–Kier alpha value is -3.62. The molecule has 2 fully saturated rings. The van der Waals surface area contributed by atoms with Crippen LogP contribution >= 0.6 is 0 Å². The molecule has 4 heterocycles. The van der Waals surface area contributed by atoms with Crippen molar-refractivity contribution in [2.45, 2.75) is 20.3 Å². The number of rotatable bonds is 7. The Morgan fingerprint density at radius 2 is 1.89 bits per heavy atom. The summed E-state index contributed by atoms with van der Waals surface area (Å²) < 4.78 is 11.5. The number of imidazole rings is 1. The number of anilines is 1. The van der Waals surface area contributed by atoms with E-state index in [2.05, 4.69) is 45.0 Å². The highest BCUT2D eigenvalue weighted by atomic mass is 16.5. The van der Waals surface area contributed by atoms with Gasteiger partial charge in [-0.15, -0.1) is 0 Å². The normalized spacial score (nSPS) is 18.4. The van der Waals surface area contributed by atoms with Crippen molar-refractivity contribution in [3.05, 3.63) is 53.7 Å². The molecule has 2 aliphatic rings. The summed E-state index contributed by atoms with van der Waals surface area (Å²) in [6, 6.07) is 14.4. The van der Waals surface area contributed by atoms with E-state index in [1.165, 1.54) is 5.69 Å². The smallest absolute Gasteiger partial charge is 0.162 e. The SMILES string of the molecule is CC(=O)c1c(C)[nH]c(-c2nc3ccc(N4CCN(C)CC4)cc3[nH]2)c1-c1ccc(OCC2CCOC2)cc1. The lowest BCUT2D eigenvalue weighted by Gasteiger charge is -2.34. The molecule has 1 unspecified atom stereocenters. The first-order valence-corrected chi connectivity index (χ1v) is 13.4. The van der Waals surface area contributed by atoms with E-state index in [1.54, 1.807) is 6.92 Å². The molecule has 38 heavy (non-hydrogen) atoms. The van der Waals surface area contributed by atoms with Gasteiger partial charge in [0, 0.05) is 61.2 Å². The maximum Gasteiger partial charge on any atom is 0.162 e. The van der Waals surface area contributed by atoms with Crippen LogP contribution in [0.15, 0.2) is 42.5 Å². The van der Waals surface area contributed by atoms with Crippen LogP contribution in [0.5, 0.6) is 5.75 Å². The predicted molar refractivity (Wildman–Crippen MR) is 150 cm³/mol. The largest absolute Gasteiger partial charge is 0.493 e. The number of hydrogen-bond acceptors (Lipinski definition) is 6. The summed E-state index contributed by atoms with van der Waals surface area (Å²) in [5.41, 5.74) is 7.25. The van der Waals surface area contributed by atoms with Crippen LogP contribution in [0.3, 0.4) is 0 Å². The molecule has 2 N–H and O–H groups in total. The first-order valence-electron chi connectivity index (χ1n) is 13.4. The van der Waals surface area contributed by atoms with Gasteiger partial charge in [0.05, 0.1) is 29.9 Å². The Balaban J connectivity index is 1.32. The van der Waals surface area contributed by atoms with Crippen molar-refractivity contribution in [2.75, 3.05) is 57.9 Å². The Kier molecular flexibility index (Phi) is 6.68. The van der Waals surface area contributed by atoms with Crippen molar-refractivity contribution in [1.82, 2.24) is 19.9 Å². The summed E-state index contributed by atoms with van der Waals surface area (Å²) in [5.74, 6) is 2.01. The number of aromatic amines is 2. The number of ether oxygens (including phenoxy) is 2. The zero-order chi connectivity index (χ0) is 26.2. The van der Waals surface area contributed by atoms with Crippen LogP contribution in [0.1, 0.15) is 29.4 Å². The second-order valence-corrected chi connectivity index (χ2v) is 10.6. The minimum atomic E-state index is 0.0232. The molecule has 0 saturated carbocycles. The summed E-state index contributed by atoms with van der Waals surface area (Å²) in [6.45, 7) is 9.94. The molecule has 2 aliphatic heterocycles. The number of piperazine rings is 1. The molecule has 2 saturated heterocycles. The van der Waals surface area contributed by atoms with Crippen molar-refractivity contribution in [2.24, 2.45) is 5.92 Å². The third-order valence-corrected chi connectivity index (χ3v) is 7.76. The number of hydrogen-bond donors (Lipinski definition) is 2. The summed E-state index contributed by atoms with van der Waals surface area (Å²) in [7, 11) is 2.17. The van der Waals surface area contributed by atoms with E-state index >= 15 is 0 Å². The topological polar surface area (TPSA) is 86.5 Å². The van der Waals surface area contributed by atoms with E-state index in [0.717, 1.165) is 90.9 Å². The van der Waals surface area contributed by atoms with Gasteiger partial charge in [0.2, 0.25) is 0 Å². The van der Waals surface area contributed by atoms with Crippen LogP contribution < -0.4 is 9.64 Å². The Morgan fingerprint density at radius 3 is 2.61 bits per heavy atom. The number of aromatic nitrogens is 3. The molecule has 2 aromatic carbocycles. The lowest BCUT2D eigenvalue weighted by molar-refractivity contribution is 0.101. The average Bonchev–Trinajstić information content (AvgIpc) is 3.66. The number of H-pyrrole nitrogens is 2. The van der Waals surface area contributed by atoms with Crippen molar-refractivity contribution in [3.8, 4) is 28.4 Å². The van der Waals surface area contributed by atoms with Crippen LogP contribution in [0.2, 0.25) is 0 Å². The molecule has 0 amide bonds. The fourth-order valence-electron chi connectivity index (χ4n) is 5.56. The number of Topliss-reactive ketones (excluding diaryl/α,β-unsaturated/α-hetero) is 1. The van der Waals surface area contributed by atoms with Crippen LogP contribution in [0.25, 0.3) is 33.7 Å². The molecule has 1 atom stereocenters. The maximum absolute atomic E-state index is 12.7. The molecule has 0 aliphatic carbocycles. The van der Waals surface area contributed by atoms with Gasteiger partial charge in [-0.05, 0) is 63.2 Å². The van der Waals surface area contributed by atoms with Gasteiger partial charge in [-0.2, -0.15) is 0 Å². The molecule has 4 aromatic rings. The molecule has 0 radical (unpaired) electrons. The van der Waals surface area contributed by atoms with E-state index in [9.17, 15) is 4.79 Å². The van der Waals surface area contributed by atoms with Gasteiger partial charge in [-0.1, -0.05) is 12.1 Å². The van der Waals surface area contributed by atoms with Crippen molar-refractivity contribution >= 4 is 22.5 Å². The molecule has 0 bridgehead atoms. The highest BCUT2D eigenvalue weighted by Gasteiger charge is 2.24. The van der Waals surface area contributed by atoms with Gasteiger partial charge in [0.25, 0.3) is 0 Å². The molecule has 2 aromatic heterocycles. The second kappa shape index (κ2) is 10.3. The number of carbonyl (C=O) groups excluding carboxylic acids is 1. The molecule has 8 heteroatoms. The standard InChI is InChI=1S/C30H35N5O3/c1-19-27(20(2)36)28(22-4-7-24(8-5-22)38-18-21-10-15-37-17-21)29(31-19)30-32-25-9-6-23(16-26(25)33-30)35-13-11-34(3)12-14-35/h4-9,16,21,31H,10-15,17-18H2,1-3H3,(H,32,33). The number of likely N-dealkylation sites (N-methyl/N-ethyl adjacent to an activating group) is 1. The number of carbonyl (C=O) groups is 1. The molecular weight excluding hydrogens is 478 g/mol. The average molecular weight is 514 g/mol. The highest BCUT2D eigenvalue weighted by Crippen LogP contribution is 2.37. The van der Waals surface area contributed by atoms with Crippen molar-refractivity contribution in [3.63, 3.8) is 0 Å². The van der Waals surface area contributed by atoms with Crippen LogP contribution in [-0.2, 0) is 4.74 Å². The molecule has 198 valence electrons. The Labute approximate surface area is 223 Å². The Morgan fingerprint density at radius 1 is 1.11 bits per heavy atom. The van der Waals surface area contributed by atoms with Gasteiger partial charge < -0.3 is 29.2 Å². The zero-order valence-electron chi connectivity index (χ0n) is 22.3. The maximum atomic E-state index is 12.7. The van der Waals surface area contributed by atoms with Crippen molar-refractivity contribution < 1.29 is 14.3 Å². The number of ketones is 1. The Bertz CT molecular complexity index is 1440. The van der Waals surface area contributed by atoms with E-state index in [0.29, 0.717) is 18.1 Å². The number of benzene rings is 2. The van der Waals surface area contributed by atoms with E-state index in [-0.39, 0.29) is 5.78 Å². The minimum absolute atomic E-state index is 0.0232. The van der Waals surface area contributed by atoms with Gasteiger partial charge in [0.1, 0.15) is 5.75 Å². The van der Waals surface area contributed by atoms with Gasteiger partial charge in [-0.3, -0.25) is 4.79 Å². The van der Waals surface area contributed by atoms with E-state index < -0.39 is 0 Å². The summed E-state index contributed by atoms with van der Waals surface area (Å²) in [6.07, 6.45) is 1.04. The van der Waals surface area contributed by atoms with Crippen molar-refractivity contribution in [1.29, 1.82) is 0 Å². The predicted octanol–water partition coefficient (Wildman–Crippen LogP) is 4.90. The van der Waals surface area contributed by atoms with Crippen LogP contribution in [0, 0.1) is 12.8 Å². The first kappa shape index (κ1) is 24.7. The zero-order valence-corrected chi connectivity index (χ0v) is 22.3. The summed E-state index contributed by atoms with van der Waals surface area (Å²) >= 11 is 0. The lowest BCUT2D eigenvalue weighted by Crippen LogP contribution is -2.44. The van der Waals surface area contributed by atoms with E-state index in [4.69, 9.17) is 14.5 Å². The fraction of sp³-hybridized carbons (Fsp3) is 0.400. The number of nitrogens with one attached hydrogen (secondary N) is 2. The lowest BCUT2D eigenvalue weighted by atomic mass is 9.97. The van der Waals surface area contributed by atoms with Crippen LogP contribution in [0.4, 0.5) is 5.69 Å². The molecular formula is C30H35N5O3. The number of nitrogens with zero attached hydrogens (tertiary/aromatic N) is 3. The first-order chi connectivity index (χ1) is 18.5. The van der Waals surface area contributed by atoms with Crippen LogP contribution in [-0.4, -0.2) is 78.7 Å². The van der Waals surface area contributed by atoms with Gasteiger partial charge in [-0.25, -0.2) is 4.98 Å². The molecule has 6 rings (SSSR count). The second-order valence-electron chi connectivity index (χ2n) is 10.6. The highest BCUT2D eigenvalue weighted by molar-refractivity contribution is 6.05. The van der Waals surface area contributed by atoms with Gasteiger partial charge in [0.15, 0.2) is 11.6 Å². The fourth-order valence-corrected chi connectivity index (χ4v) is 5.56. The van der Waals surface area contributed by atoms with E-state index in [1.807, 2.05) is 31.2 Å². The third-order valence-electron chi connectivity index (χ3n) is 7.76. The quantitative estimate of drug-likeness (QED) is 0.342. The monoisotopic (exact) mass is 513 g/mol. The minimum Gasteiger partial charge on any atom is -0.493 e. The third kappa shape index (κ3) is 4.81.